The molecule has 2 heterocycles. The Morgan fingerprint density at radius 2 is 1.62 bits per heavy atom. The van der Waals surface area contributed by atoms with Crippen molar-refractivity contribution in [2.45, 2.75) is 0 Å². The van der Waals surface area contributed by atoms with Gasteiger partial charge in [-0.1, -0.05) is 24.3 Å². The van der Waals surface area contributed by atoms with Crippen molar-refractivity contribution in [3.8, 4) is 34.3 Å². The maximum atomic E-state index is 12.0. The maximum absolute atomic E-state index is 12.0. The fourth-order valence-electron chi connectivity index (χ4n) is 2.78. The molecule has 2 N–H and O–H groups in total. The number of benzene rings is 2. The highest BCUT2D eigenvalue weighted by molar-refractivity contribution is 5.94. The minimum atomic E-state index is -0.0602. The summed E-state index contributed by atoms with van der Waals surface area (Å²) in [6, 6.07) is 14.4. The first-order chi connectivity index (χ1) is 14.0. The molecule has 8 heteroatoms. The molecule has 4 rings (SSSR count). The molecule has 0 saturated heterocycles. The predicted octanol–water partition coefficient (Wildman–Crippen LogP) is 3.14. The molecular formula is C21H18N6O2. The zero-order valence-corrected chi connectivity index (χ0v) is 15.9. The van der Waals surface area contributed by atoms with Crippen LogP contribution >= 0.6 is 0 Å². The van der Waals surface area contributed by atoms with Crippen molar-refractivity contribution in [1.29, 1.82) is 0 Å². The highest BCUT2D eigenvalue weighted by atomic mass is 16.4. The summed E-state index contributed by atoms with van der Waals surface area (Å²) in [5, 5.41) is 8.14. The van der Waals surface area contributed by atoms with Gasteiger partial charge in [0.2, 0.25) is 5.89 Å². The number of para-hydroxylation sites is 1. The van der Waals surface area contributed by atoms with E-state index in [0.717, 1.165) is 5.56 Å². The third kappa shape index (κ3) is 3.68. The molecule has 1 amide bonds. The Labute approximate surface area is 167 Å². The second-order valence-electron chi connectivity index (χ2n) is 6.57. The van der Waals surface area contributed by atoms with Gasteiger partial charge in [0.25, 0.3) is 11.8 Å². The molecule has 4 aromatic rings. The Morgan fingerprint density at radius 3 is 2.34 bits per heavy atom. The Bertz CT molecular complexity index is 1170. The van der Waals surface area contributed by atoms with E-state index in [1.54, 1.807) is 44.7 Å². The number of amides is 1. The van der Waals surface area contributed by atoms with Crippen LogP contribution in [0.2, 0.25) is 0 Å². The Morgan fingerprint density at radius 1 is 0.931 bits per heavy atom. The highest BCUT2D eigenvalue weighted by Gasteiger charge is 2.15. The van der Waals surface area contributed by atoms with E-state index in [2.05, 4.69) is 20.2 Å². The summed E-state index contributed by atoms with van der Waals surface area (Å²) in [6.07, 6.45) is 3.19. The summed E-state index contributed by atoms with van der Waals surface area (Å²) in [5.74, 6) is 0.504. The van der Waals surface area contributed by atoms with Crippen LogP contribution in [0.15, 0.2) is 65.3 Å². The molecule has 0 saturated carbocycles. The summed E-state index contributed by atoms with van der Waals surface area (Å²) in [7, 11) is 3.43. The number of carbonyl (C=O) groups is 1. The van der Waals surface area contributed by atoms with Crippen LogP contribution in [-0.2, 0) is 0 Å². The van der Waals surface area contributed by atoms with E-state index in [4.69, 9.17) is 10.2 Å². The summed E-state index contributed by atoms with van der Waals surface area (Å²) in [4.78, 5) is 22.4. The predicted molar refractivity (Wildman–Crippen MR) is 109 cm³/mol. The van der Waals surface area contributed by atoms with Crippen LogP contribution in [-0.4, -0.2) is 45.1 Å². The molecule has 0 spiro atoms. The van der Waals surface area contributed by atoms with E-state index in [1.807, 2.05) is 30.3 Å². The van der Waals surface area contributed by atoms with Crippen LogP contribution in [0.3, 0.4) is 0 Å². The van der Waals surface area contributed by atoms with Gasteiger partial charge >= 0.3 is 0 Å². The Kier molecular flexibility index (Phi) is 4.74. The van der Waals surface area contributed by atoms with Crippen LogP contribution in [0.25, 0.3) is 34.3 Å². The number of hydrogen-bond acceptors (Lipinski definition) is 7. The standard InChI is InChI=1S/C21H18N6O2/c1-27(2)21(28)14-9-7-13(8-10-14)17-11-23-12-18(24-17)20-26-25-19(29-20)15-5-3-4-6-16(15)22/h3-12H,22H2,1-2H3. The summed E-state index contributed by atoms with van der Waals surface area (Å²) in [6.45, 7) is 0. The van der Waals surface area contributed by atoms with Gasteiger partial charge in [0.05, 0.1) is 23.7 Å². The average Bonchev–Trinajstić information content (AvgIpc) is 3.24. The SMILES string of the molecule is CN(C)C(=O)c1ccc(-c2cncc(-c3nnc(-c4ccccc4N)o3)n2)cc1. The van der Waals surface area contributed by atoms with E-state index >= 15 is 0 Å². The lowest BCUT2D eigenvalue weighted by Gasteiger charge is -2.10. The summed E-state index contributed by atoms with van der Waals surface area (Å²) < 4.78 is 5.75. The first-order valence-electron chi connectivity index (χ1n) is 8.86. The van der Waals surface area contributed by atoms with E-state index in [0.29, 0.717) is 34.1 Å². The molecule has 0 bridgehead atoms. The van der Waals surface area contributed by atoms with Crippen LogP contribution in [0, 0.1) is 0 Å². The molecule has 29 heavy (non-hydrogen) atoms. The van der Waals surface area contributed by atoms with Gasteiger partial charge in [-0.25, -0.2) is 4.98 Å². The van der Waals surface area contributed by atoms with Crippen molar-refractivity contribution in [3.05, 3.63) is 66.5 Å². The molecule has 144 valence electrons. The van der Waals surface area contributed by atoms with E-state index < -0.39 is 0 Å². The molecular weight excluding hydrogens is 368 g/mol. The first kappa shape index (κ1) is 18.3. The molecule has 0 atom stereocenters. The van der Waals surface area contributed by atoms with Crippen molar-refractivity contribution in [2.75, 3.05) is 19.8 Å². The van der Waals surface area contributed by atoms with E-state index in [-0.39, 0.29) is 11.8 Å². The molecule has 8 nitrogen and oxygen atoms in total. The molecule has 2 aromatic carbocycles. The van der Waals surface area contributed by atoms with E-state index in [9.17, 15) is 4.79 Å². The van der Waals surface area contributed by atoms with Crippen molar-refractivity contribution >= 4 is 11.6 Å². The van der Waals surface area contributed by atoms with Gasteiger partial charge in [-0.2, -0.15) is 0 Å². The van der Waals surface area contributed by atoms with Gasteiger partial charge in [-0.15, -0.1) is 10.2 Å². The number of nitrogen functional groups attached to an aromatic ring is 1. The van der Waals surface area contributed by atoms with Gasteiger partial charge in [-0.05, 0) is 24.3 Å². The van der Waals surface area contributed by atoms with Crippen molar-refractivity contribution in [1.82, 2.24) is 25.1 Å². The number of nitrogens with zero attached hydrogens (tertiary/aromatic N) is 5. The Hall–Kier alpha value is -4.07. The van der Waals surface area contributed by atoms with Crippen LogP contribution in [0.5, 0.6) is 0 Å². The second kappa shape index (κ2) is 7.51. The molecule has 0 fully saturated rings. The number of rotatable bonds is 4. The van der Waals surface area contributed by atoms with Crippen molar-refractivity contribution < 1.29 is 9.21 Å². The Balaban J connectivity index is 1.63. The van der Waals surface area contributed by atoms with Crippen LogP contribution in [0.4, 0.5) is 5.69 Å². The third-order valence-electron chi connectivity index (χ3n) is 4.30. The molecule has 2 aromatic heterocycles. The number of anilines is 1. The topological polar surface area (TPSA) is 111 Å². The molecule has 0 aliphatic heterocycles. The van der Waals surface area contributed by atoms with Gasteiger partial charge in [-0.3, -0.25) is 9.78 Å². The summed E-state index contributed by atoms with van der Waals surface area (Å²) in [5.41, 5.74) is 9.69. The monoisotopic (exact) mass is 386 g/mol. The largest absolute Gasteiger partial charge is 0.414 e. The smallest absolute Gasteiger partial charge is 0.268 e. The molecule has 0 unspecified atom stereocenters. The molecule has 0 aliphatic carbocycles. The number of aromatic nitrogens is 4. The summed E-state index contributed by atoms with van der Waals surface area (Å²) >= 11 is 0. The van der Waals surface area contributed by atoms with E-state index in [1.165, 1.54) is 4.90 Å². The third-order valence-corrected chi connectivity index (χ3v) is 4.30. The number of carbonyl (C=O) groups excluding carboxylic acids is 1. The lowest BCUT2D eigenvalue weighted by atomic mass is 10.1. The number of hydrogen-bond donors (Lipinski definition) is 1. The highest BCUT2D eigenvalue weighted by Crippen LogP contribution is 2.27. The minimum Gasteiger partial charge on any atom is -0.414 e. The normalized spacial score (nSPS) is 10.7. The van der Waals surface area contributed by atoms with Gasteiger partial charge in [0.1, 0.15) is 5.69 Å². The zero-order valence-electron chi connectivity index (χ0n) is 15.9. The van der Waals surface area contributed by atoms with Crippen molar-refractivity contribution in [3.63, 3.8) is 0 Å². The number of nitrogens with two attached hydrogens (primary N) is 1. The first-order valence-corrected chi connectivity index (χ1v) is 8.86. The van der Waals surface area contributed by atoms with Gasteiger partial charge in [0, 0.05) is 30.9 Å². The fraction of sp³-hybridized carbons (Fsp3) is 0.0952. The lowest BCUT2D eigenvalue weighted by Crippen LogP contribution is -2.21. The average molecular weight is 386 g/mol. The maximum Gasteiger partial charge on any atom is 0.268 e. The van der Waals surface area contributed by atoms with Crippen molar-refractivity contribution in [2.24, 2.45) is 0 Å². The minimum absolute atomic E-state index is 0.0602. The van der Waals surface area contributed by atoms with Gasteiger partial charge < -0.3 is 15.1 Å². The lowest BCUT2D eigenvalue weighted by molar-refractivity contribution is 0.0827. The molecule has 0 radical (unpaired) electrons. The molecule has 0 aliphatic rings. The van der Waals surface area contributed by atoms with Crippen LogP contribution in [0.1, 0.15) is 10.4 Å². The zero-order chi connectivity index (χ0) is 20.4. The van der Waals surface area contributed by atoms with Gasteiger partial charge in [0.15, 0.2) is 0 Å². The second-order valence-corrected chi connectivity index (χ2v) is 6.57. The fourth-order valence-corrected chi connectivity index (χ4v) is 2.78. The van der Waals surface area contributed by atoms with Crippen LogP contribution < -0.4 is 5.73 Å². The quantitative estimate of drug-likeness (QED) is 0.536.